The predicted octanol–water partition coefficient (Wildman–Crippen LogP) is 6.25. The average Bonchev–Trinajstić information content (AvgIpc) is 2.91. The Bertz CT molecular complexity index is 1120. The SMILES string of the molecule is Cc1cc2oc3c(-c4cc(CC(C)(C)C)ccn4)cccc3c2c(C)n1. The van der Waals surface area contributed by atoms with Crippen LogP contribution in [0.25, 0.3) is 33.2 Å². The Morgan fingerprint density at radius 2 is 1.85 bits per heavy atom. The van der Waals surface area contributed by atoms with Crippen molar-refractivity contribution >= 4 is 21.9 Å². The summed E-state index contributed by atoms with van der Waals surface area (Å²) in [6.07, 6.45) is 2.91. The van der Waals surface area contributed by atoms with Crippen molar-refractivity contribution in [1.82, 2.24) is 9.97 Å². The van der Waals surface area contributed by atoms with Gasteiger partial charge < -0.3 is 4.42 Å². The Labute approximate surface area is 154 Å². The lowest BCUT2D eigenvalue weighted by molar-refractivity contribution is 0.411. The van der Waals surface area contributed by atoms with Crippen LogP contribution in [0.3, 0.4) is 0 Å². The van der Waals surface area contributed by atoms with Gasteiger partial charge in [-0.2, -0.15) is 0 Å². The van der Waals surface area contributed by atoms with Crippen molar-refractivity contribution in [3.63, 3.8) is 0 Å². The summed E-state index contributed by atoms with van der Waals surface area (Å²) < 4.78 is 6.26. The van der Waals surface area contributed by atoms with Crippen LogP contribution in [0.2, 0.25) is 0 Å². The summed E-state index contributed by atoms with van der Waals surface area (Å²) in [5.41, 5.74) is 7.28. The van der Waals surface area contributed by atoms with Crippen LogP contribution in [-0.2, 0) is 6.42 Å². The molecule has 3 heterocycles. The Kier molecular flexibility index (Phi) is 3.83. The van der Waals surface area contributed by atoms with Gasteiger partial charge in [0.25, 0.3) is 0 Å². The lowest BCUT2D eigenvalue weighted by Crippen LogP contribution is -2.09. The highest BCUT2D eigenvalue weighted by atomic mass is 16.3. The van der Waals surface area contributed by atoms with Crippen molar-refractivity contribution in [2.75, 3.05) is 0 Å². The van der Waals surface area contributed by atoms with E-state index in [0.29, 0.717) is 0 Å². The summed E-state index contributed by atoms with van der Waals surface area (Å²) in [6, 6.07) is 12.6. The van der Waals surface area contributed by atoms with Crippen LogP contribution in [-0.4, -0.2) is 9.97 Å². The van der Waals surface area contributed by atoms with Gasteiger partial charge in [0, 0.05) is 40.0 Å². The third-order valence-electron chi connectivity index (χ3n) is 4.62. The van der Waals surface area contributed by atoms with Crippen LogP contribution in [0.5, 0.6) is 0 Å². The Morgan fingerprint density at radius 3 is 2.62 bits per heavy atom. The summed E-state index contributed by atoms with van der Waals surface area (Å²) in [5, 5.41) is 2.20. The molecule has 0 bridgehead atoms. The third-order valence-corrected chi connectivity index (χ3v) is 4.62. The minimum absolute atomic E-state index is 0.240. The number of nitrogens with zero attached hydrogens (tertiary/aromatic N) is 2. The molecule has 0 aliphatic carbocycles. The molecule has 0 saturated carbocycles. The lowest BCUT2D eigenvalue weighted by atomic mass is 9.88. The van der Waals surface area contributed by atoms with E-state index in [1.54, 1.807) is 0 Å². The second-order valence-corrected chi connectivity index (χ2v) is 8.29. The number of hydrogen-bond acceptors (Lipinski definition) is 3. The summed E-state index contributed by atoms with van der Waals surface area (Å²) in [5.74, 6) is 0. The van der Waals surface area contributed by atoms with Crippen LogP contribution in [0.15, 0.2) is 47.0 Å². The maximum Gasteiger partial charge on any atom is 0.144 e. The molecule has 0 aliphatic rings. The number of fused-ring (bicyclic) bond motifs is 3. The number of benzene rings is 1. The van der Waals surface area contributed by atoms with Gasteiger partial charge in [-0.15, -0.1) is 0 Å². The fourth-order valence-corrected chi connectivity index (χ4v) is 3.70. The fourth-order valence-electron chi connectivity index (χ4n) is 3.70. The summed E-state index contributed by atoms with van der Waals surface area (Å²) in [7, 11) is 0. The molecule has 0 N–H and O–H groups in total. The zero-order valence-corrected chi connectivity index (χ0v) is 16.1. The molecule has 0 saturated heterocycles. The van der Waals surface area contributed by atoms with Gasteiger partial charge in [-0.05, 0) is 49.4 Å². The molecular formula is C23H24N2O. The van der Waals surface area contributed by atoms with Gasteiger partial charge in [0.1, 0.15) is 11.2 Å². The second-order valence-electron chi connectivity index (χ2n) is 8.29. The second kappa shape index (κ2) is 5.94. The van der Waals surface area contributed by atoms with E-state index in [1.165, 1.54) is 5.56 Å². The van der Waals surface area contributed by atoms with Crippen molar-refractivity contribution in [3.8, 4) is 11.3 Å². The number of aryl methyl sites for hydroxylation is 2. The van der Waals surface area contributed by atoms with E-state index < -0.39 is 0 Å². The number of para-hydroxylation sites is 1. The largest absolute Gasteiger partial charge is 0.455 e. The van der Waals surface area contributed by atoms with Crippen molar-refractivity contribution in [2.24, 2.45) is 5.41 Å². The Hall–Kier alpha value is -2.68. The Balaban J connectivity index is 1.93. The van der Waals surface area contributed by atoms with E-state index in [2.05, 4.69) is 61.1 Å². The average molecular weight is 344 g/mol. The quantitative estimate of drug-likeness (QED) is 0.431. The standard InChI is InChI=1S/C23H24N2O/c1-14-11-20-21(15(2)25-14)18-8-6-7-17(22(18)26-20)19-12-16(9-10-24-19)13-23(3,4)5/h6-12H,13H2,1-5H3. The van der Waals surface area contributed by atoms with E-state index in [-0.39, 0.29) is 5.41 Å². The molecule has 4 rings (SSSR count). The minimum atomic E-state index is 0.240. The molecule has 0 amide bonds. The first-order chi connectivity index (χ1) is 12.3. The van der Waals surface area contributed by atoms with Crippen LogP contribution in [0.1, 0.15) is 37.7 Å². The zero-order valence-electron chi connectivity index (χ0n) is 16.1. The highest BCUT2D eigenvalue weighted by Gasteiger charge is 2.17. The maximum absolute atomic E-state index is 6.26. The van der Waals surface area contributed by atoms with Gasteiger partial charge in [0.2, 0.25) is 0 Å². The number of furan rings is 1. The van der Waals surface area contributed by atoms with Crippen LogP contribution >= 0.6 is 0 Å². The fraction of sp³-hybridized carbons (Fsp3) is 0.304. The van der Waals surface area contributed by atoms with Gasteiger partial charge in [-0.3, -0.25) is 9.97 Å². The van der Waals surface area contributed by atoms with Gasteiger partial charge in [-0.1, -0.05) is 32.9 Å². The molecule has 0 radical (unpaired) electrons. The molecule has 1 aromatic carbocycles. The lowest BCUT2D eigenvalue weighted by Gasteiger charge is -2.18. The number of hydrogen-bond donors (Lipinski definition) is 0. The van der Waals surface area contributed by atoms with Crippen LogP contribution < -0.4 is 0 Å². The molecule has 26 heavy (non-hydrogen) atoms. The van der Waals surface area contributed by atoms with Crippen molar-refractivity contribution < 1.29 is 4.42 Å². The van der Waals surface area contributed by atoms with Gasteiger partial charge in [-0.25, -0.2) is 0 Å². The molecule has 3 heteroatoms. The van der Waals surface area contributed by atoms with E-state index in [4.69, 9.17) is 4.42 Å². The van der Waals surface area contributed by atoms with Crippen molar-refractivity contribution in [1.29, 1.82) is 0 Å². The normalized spacial score (nSPS) is 12.2. The van der Waals surface area contributed by atoms with Gasteiger partial charge in [0.05, 0.1) is 5.69 Å². The molecule has 0 unspecified atom stereocenters. The highest BCUT2D eigenvalue weighted by Crippen LogP contribution is 2.36. The summed E-state index contributed by atoms with van der Waals surface area (Å²) in [4.78, 5) is 9.23. The first-order valence-corrected chi connectivity index (χ1v) is 9.07. The monoisotopic (exact) mass is 344 g/mol. The molecule has 0 aliphatic heterocycles. The first kappa shape index (κ1) is 16.8. The first-order valence-electron chi connectivity index (χ1n) is 9.07. The van der Waals surface area contributed by atoms with E-state index in [0.717, 1.165) is 51.0 Å². The van der Waals surface area contributed by atoms with Crippen molar-refractivity contribution in [3.05, 3.63) is 59.5 Å². The molecule has 3 aromatic heterocycles. The predicted molar refractivity (Wildman–Crippen MR) is 107 cm³/mol. The van der Waals surface area contributed by atoms with E-state index in [9.17, 15) is 0 Å². The smallest absolute Gasteiger partial charge is 0.144 e. The van der Waals surface area contributed by atoms with E-state index >= 15 is 0 Å². The Morgan fingerprint density at radius 1 is 1.04 bits per heavy atom. The number of rotatable bonds is 2. The van der Waals surface area contributed by atoms with Crippen LogP contribution in [0, 0.1) is 19.3 Å². The maximum atomic E-state index is 6.26. The highest BCUT2D eigenvalue weighted by molar-refractivity contribution is 6.10. The van der Waals surface area contributed by atoms with Gasteiger partial charge >= 0.3 is 0 Å². The zero-order chi connectivity index (χ0) is 18.5. The molecule has 3 nitrogen and oxygen atoms in total. The van der Waals surface area contributed by atoms with Gasteiger partial charge in [0.15, 0.2) is 0 Å². The third kappa shape index (κ3) is 2.98. The molecule has 0 spiro atoms. The minimum Gasteiger partial charge on any atom is -0.455 e. The number of pyridine rings is 2. The summed E-state index contributed by atoms with van der Waals surface area (Å²) in [6.45, 7) is 10.8. The molecule has 0 fully saturated rings. The molecule has 0 atom stereocenters. The molecule has 132 valence electrons. The van der Waals surface area contributed by atoms with Crippen LogP contribution in [0.4, 0.5) is 0 Å². The topological polar surface area (TPSA) is 38.9 Å². The molecule has 4 aromatic rings. The van der Waals surface area contributed by atoms with Crippen molar-refractivity contribution in [2.45, 2.75) is 41.0 Å². The summed E-state index contributed by atoms with van der Waals surface area (Å²) >= 11 is 0. The number of aromatic nitrogens is 2. The van der Waals surface area contributed by atoms with E-state index in [1.807, 2.05) is 26.1 Å². The molecular weight excluding hydrogens is 320 g/mol.